The average Bonchev–Trinajstić information content (AvgIpc) is 3.22. The van der Waals surface area contributed by atoms with Gasteiger partial charge in [-0.05, 0) is 12.1 Å². The van der Waals surface area contributed by atoms with Crippen LogP contribution >= 0.6 is 0 Å². The molecule has 1 unspecified atom stereocenters. The maximum atomic E-state index is 12.4. The summed E-state index contributed by atoms with van der Waals surface area (Å²) in [6.07, 6.45) is -1.22. The first-order valence-corrected chi connectivity index (χ1v) is 7.47. The third-order valence-electron chi connectivity index (χ3n) is 4.21. The number of amides is 2. The molecule has 1 atom stereocenters. The molecule has 3 heterocycles. The van der Waals surface area contributed by atoms with Crippen molar-refractivity contribution in [3.63, 3.8) is 0 Å². The Morgan fingerprint density at radius 3 is 2.88 bits per heavy atom. The Morgan fingerprint density at radius 1 is 1.33 bits per heavy atom. The molecular weight excluding hydrogens is 312 g/mol. The van der Waals surface area contributed by atoms with Crippen molar-refractivity contribution in [1.82, 2.24) is 15.1 Å². The number of ether oxygens (including phenoxy) is 1. The number of carbonyl (C=O) groups excluding carboxylic acids is 3. The monoisotopic (exact) mass is 326 g/mol. The number of rotatable bonds is 2. The lowest BCUT2D eigenvalue weighted by Crippen LogP contribution is -2.36. The number of nitrogens with zero attached hydrogens (tertiary/aromatic N) is 2. The summed E-state index contributed by atoms with van der Waals surface area (Å²) in [7, 11) is 0. The highest BCUT2D eigenvalue weighted by atomic mass is 16.5. The summed E-state index contributed by atoms with van der Waals surface area (Å²) >= 11 is 0. The molecule has 2 aromatic rings. The zero-order valence-electron chi connectivity index (χ0n) is 12.8. The SMILES string of the molecule is CC(=O)N1Cc2[nH]nc(NC(=O)C3Oc4ccccc4C3=O)c2C1. The first kappa shape index (κ1) is 14.4. The fourth-order valence-electron chi connectivity index (χ4n) is 2.92. The number of hydrogen-bond donors (Lipinski definition) is 2. The number of anilines is 1. The van der Waals surface area contributed by atoms with Crippen LogP contribution in [0.4, 0.5) is 5.82 Å². The van der Waals surface area contributed by atoms with Crippen LogP contribution in [0.25, 0.3) is 0 Å². The first-order valence-electron chi connectivity index (χ1n) is 7.47. The number of aromatic nitrogens is 2. The normalized spacial score (nSPS) is 18.1. The second-order valence-corrected chi connectivity index (χ2v) is 5.75. The number of para-hydroxylation sites is 1. The summed E-state index contributed by atoms with van der Waals surface area (Å²) in [6, 6.07) is 6.74. The van der Waals surface area contributed by atoms with Crippen molar-refractivity contribution < 1.29 is 19.1 Å². The van der Waals surface area contributed by atoms with Crippen LogP contribution in [-0.4, -0.2) is 38.8 Å². The van der Waals surface area contributed by atoms with Crippen LogP contribution in [0, 0.1) is 0 Å². The fourth-order valence-corrected chi connectivity index (χ4v) is 2.92. The number of fused-ring (bicyclic) bond motifs is 2. The van der Waals surface area contributed by atoms with Gasteiger partial charge < -0.3 is 15.0 Å². The number of benzene rings is 1. The number of carbonyl (C=O) groups is 3. The van der Waals surface area contributed by atoms with Crippen molar-refractivity contribution in [1.29, 1.82) is 0 Å². The predicted octanol–water partition coefficient (Wildman–Crippen LogP) is 0.854. The molecule has 1 aromatic carbocycles. The smallest absolute Gasteiger partial charge is 0.274 e. The Bertz CT molecular complexity index is 873. The lowest BCUT2D eigenvalue weighted by Gasteiger charge is -2.13. The van der Waals surface area contributed by atoms with Gasteiger partial charge in [0.25, 0.3) is 5.91 Å². The van der Waals surface area contributed by atoms with Gasteiger partial charge in [0.15, 0.2) is 5.82 Å². The van der Waals surface area contributed by atoms with Crippen molar-refractivity contribution >= 4 is 23.4 Å². The van der Waals surface area contributed by atoms with E-state index in [1.807, 2.05) is 0 Å². The molecule has 0 saturated carbocycles. The molecule has 2 aliphatic heterocycles. The standard InChI is InChI=1S/C16H14N4O4/c1-8(21)20-6-10-11(7-20)18-19-15(10)17-16(23)14-13(22)9-4-2-3-5-12(9)24-14/h2-5,14H,6-7H2,1H3,(H2,17,18,19,23). The maximum Gasteiger partial charge on any atom is 0.274 e. The minimum Gasteiger partial charge on any atom is -0.472 e. The molecule has 0 radical (unpaired) electrons. The van der Waals surface area contributed by atoms with E-state index in [4.69, 9.17) is 4.74 Å². The van der Waals surface area contributed by atoms with Gasteiger partial charge in [0.2, 0.25) is 17.8 Å². The zero-order valence-corrected chi connectivity index (χ0v) is 12.8. The van der Waals surface area contributed by atoms with Gasteiger partial charge in [-0.25, -0.2) is 0 Å². The van der Waals surface area contributed by atoms with E-state index in [1.165, 1.54) is 6.92 Å². The van der Waals surface area contributed by atoms with E-state index in [2.05, 4.69) is 15.5 Å². The highest BCUT2D eigenvalue weighted by Gasteiger charge is 2.38. The number of H-pyrrole nitrogens is 1. The molecule has 8 nitrogen and oxygen atoms in total. The topological polar surface area (TPSA) is 104 Å². The maximum absolute atomic E-state index is 12.4. The largest absolute Gasteiger partial charge is 0.472 e. The van der Waals surface area contributed by atoms with E-state index in [9.17, 15) is 14.4 Å². The summed E-state index contributed by atoms with van der Waals surface area (Å²) < 4.78 is 5.44. The van der Waals surface area contributed by atoms with Gasteiger partial charge in [-0.2, -0.15) is 5.10 Å². The summed E-state index contributed by atoms with van der Waals surface area (Å²) in [5, 5.41) is 9.49. The quantitative estimate of drug-likeness (QED) is 0.796. The minimum atomic E-state index is -1.22. The molecular formula is C16H14N4O4. The van der Waals surface area contributed by atoms with Crippen LogP contribution in [0.3, 0.4) is 0 Å². The van der Waals surface area contributed by atoms with Gasteiger partial charge in [0.05, 0.1) is 24.3 Å². The second-order valence-electron chi connectivity index (χ2n) is 5.75. The zero-order chi connectivity index (χ0) is 16.8. The lowest BCUT2D eigenvalue weighted by atomic mass is 10.1. The summed E-state index contributed by atoms with van der Waals surface area (Å²) in [5.41, 5.74) is 1.93. The number of nitrogens with one attached hydrogen (secondary N) is 2. The molecule has 0 aliphatic carbocycles. The molecule has 0 fully saturated rings. The van der Waals surface area contributed by atoms with Crippen molar-refractivity contribution in [2.24, 2.45) is 0 Å². The average molecular weight is 326 g/mol. The van der Waals surface area contributed by atoms with E-state index in [-0.39, 0.29) is 11.7 Å². The van der Waals surface area contributed by atoms with Crippen LogP contribution in [0.15, 0.2) is 24.3 Å². The number of ketones is 1. The molecule has 2 amide bonds. The van der Waals surface area contributed by atoms with Gasteiger partial charge in [-0.3, -0.25) is 19.5 Å². The Hall–Kier alpha value is -3.16. The highest BCUT2D eigenvalue weighted by Crippen LogP contribution is 2.30. The van der Waals surface area contributed by atoms with Crippen LogP contribution in [-0.2, 0) is 22.7 Å². The summed E-state index contributed by atoms with van der Waals surface area (Å²) in [4.78, 5) is 37.8. The number of aromatic amines is 1. The van der Waals surface area contributed by atoms with E-state index in [0.29, 0.717) is 30.2 Å². The lowest BCUT2D eigenvalue weighted by molar-refractivity contribution is -0.129. The second kappa shape index (κ2) is 5.19. The highest BCUT2D eigenvalue weighted by molar-refractivity contribution is 6.19. The molecule has 0 bridgehead atoms. The Balaban J connectivity index is 1.51. The van der Waals surface area contributed by atoms with Gasteiger partial charge in [0.1, 0.15) is 5.75 Å². The Morgan fingerprint density at radius 2 is 2.12 bits per heavy atom. The number of hydrogen-bond acceptors (Lipinski definition) is 5. The summed E-state index contributed by atoms with van der Waals surface area (Å²) in [5.74, 6) is -0.280. The fraction of sp³-hybridized carbons (Fsp3) is 0.250. The Kier molecular flexibility index (Phi) is 3.12. The van der Waals surface area contributed by atoms with Gasteiger partial charge >= 0.3 is 0 Å². The minimum absolute atomic E-state index is 0.0540. The molecule has 2 N–H and O–H groups in total. The molecule has 1 aromatic heterocycles. The molecule has 4 rings (SSSR count). The van der Waals surface area contributed by atoms with E-state index in [0.717, 1.165) is 11.3 Å². The van der Waals surface area contributed by atoms with Crippen molar-refractivity contribution in [2.45, 2.75) is 26.1 Å². The molecule has 0 spiro atoms. The molecule has 24 heavy (non-hydrogen) atoms. The molecule has 122 valence electrons. The van der Waals surface area contributed by atoms with E-state index < -0.39 is 12.0 Å². The van der Waals surface area contributed by atoms with Crippen LogP contribution in [0.5, 0.6) is 5.75 Å². The van der Waals surface area contributed by atoms with Crippen molar-refractivity contribution in [3.8, 4) is 5.75 Å². The number of Topliss-reactive ketones (excluding diaryl/α,β-unsaturated/α-hetero) is 1. The third kappa shape index (κ3) is 2.15. The first-order chi connectivity index (χ1) is 11.5. The van der Waals surface area contributed by atoms with Crippen molar-refractivity contribution in [3.05, 3.63) is 41.1 Å². The Labute approximate surface area is 136 Å². The predicted molar refractivity (Wildman–Crippen MR) is 82.3 cm³/mol. The van der Waals surface area contributed by atoms with Gasteiger partial charge in [0, 0.05) is 12.5 Å². The van der Waals surface area contributed by atoms with Gasteiger partial charge in [-0.15, -0.1) is 0 Å². The van der Waals surface area contributed by atoms with Crippen molar-refractivity contribution in [2.75, 3.05) is 5.32 Å². The van der Waals surface area contributed by atoms with Crippen LogP contribution in [0.2, 0.25) is 0 Å². The summed E-state index contributed by atoms with van der Waals surface area (Å²) in [6.45, 7) is 2.29. The van der Waals surface area contributed by atoms with Gasteiger partial charge in [-0.1, -0.05) is 12.1 Å². The third-order valence-corrected chi connectivity index (χ3v) is 4.21. The molecule has 8 heteroatoms. The van der Waals surface area contributed by atoms with E-state index in [1.54, 1.807) is 29.2 Å². The molecule has 2 aliphatic rings. The molecule has 0 saturated heterocycles. The van der Waals surface area contributed by atoms with Crippen LogP contribution < -0.4 is 10.1 Å². The van der Waals surface area contributed by atoms with Crippen LogP contribution in [0.1, 0.15) is 28.5 Å². The van der Waals surface area contributed by atoms with E-state index >= 15 is 0 Å².